The molecule has 0 saturated heterocycles. The van der Waals surface area contributed by atoms with Crippen LogP contribution in [0, 0.1) is 5.41 Å². The smallest absolute Gasteiger partial charge is 0.119 e. The van der Waals surface area contributed by atoms with Crippen LogP contribution >= 0.6 is 11.6 Å². The van der Waals surface area contributed by atoms with Gasteiger partial charge in [-0.25, -0.2) is 0 Å². The van der Waals surface area contributed by atoms with Crippen LogP contribution in [0.2, 0.25) is 5.02 Å². The molecule has 0 aliphatic heterocycles. The van der Waals surface area contributed by atoms with Crippen LogP contribution < -0.4 is 10.1 Å². The summed E-state index contributed by atoms with van der Waals surface area (Å²) in [5.74, 6) is 0.958. The van der Waals surface area contributed by atoms with Gasteiger partial charge in [0.1, 0.15) is 11.9 Å². The molecule has 2 nitrogen and oxygen atoms in total. The third kappa shape index (κ3) is 2.56. The summed E-state index contributed by atoms with van der Waals surface area (Å²) >= 11 is 5.94. The van der Waals surface area contributed by atoms with Crippen molar-refractivity contribution in [2.45, 2.75) is 57.6 Å². The molecule has 2 fully saturated rings. The molecule has 0 aromatic heterocycles. The van der Waals surface area contributed by atoms with E-state index in [1.807, 2.05) is 24.3 Å². The minimum atomic E-state index is 0.369. The molecule has 2 atom stereocenters. The van der Waals surface area contributed by atoms with Crippen LogP contribution in [0.25, 0.3) is 0 Å². The van der Waals surface area contributed by atoms with Crippen LogP contribution in [0.3, 0.4) is 0 Å². The first kappa shape index (κ1) is 14.2. The van der Waals surface area contributed by atoms with Gasteiger partial charge in [0.05, 0.1) is 0 Å². The fraction of sp³-hybridized carbons (Fsp3) is 0.647. The molecule has 1 aromatic rings. The van der Waals surface area contributed by atoms with Crippen LogP contribution in [-0.2, 0) is 0 Å². The number of benzene rings is 1. The second-order valence-corrected chi connectivity index (χ2v) is 6.64. The molecule has 3 heteroatoms. The monoisotopic (exact) mass is 293 g/mol. The summed E-state index contributed by atoms with van der Waals surface area (Å²) in [5, 5.41) is 4.43. The summed E-state index contributed by atoms with van der Waals surface area (Å²) in [7, 11) is 0. The molecule has 0 radical (unpaired) electrons. The van der Waals surface area contributed by atoms with Gasteiger partial charge in [-0.2, -0.15) is 0 Å². The summed E-state index contributed by atoms with van der Waals surface area (Å²) in [6.45, 7) is 3.25. The Morgan fingerprint density at radius 1 is 1.20 bits per heavy atom. The van der Waals surface area contributed by atoms with Gasteiger partial charge in [-0.05, 0) is 43.7 Å². The maximum Gasteiger partial charge on any atom is 0.119 e. The first-order chi connectivity index (χ1) is 9.74. The maximum atomic E-state index is 6.28. The average Bonchev–Trinajstić information content (AvgIpc) is 2.49. The Hall–Kier alpha value is -0.730. The molecule has 2 saturated carbocycles. The van der Waals surface area contributed by atoms with E-state index in [4.69, 9.17) is 16.3 Å². The van der Waals surface area contributed by atoms with Crippen LogP contribution in [0.5, 0.6) is 5.75 Å². The van der Waals surface area contributed by atoms with E-state index in [9.17, 15) is 0 Å². The van der Waals surface area contributed by atoms with E-state index >= 15 is 0 Å². The maximum absolute atomic E-state index is 6.28. The molecule has 20 heavy (non-hydrogen) atoms. The summed E-state index contributed by atoms with van der Waals surface area (Å²) in [5.41, 5.74) is 0.369. The van der Waals surface area contributed by atoms with Gasteiger partial charge < -0.3 is 10.1 Å². The lowest BCUT2D eigenvalue weighted by Gasteiger charge is -2.57. The van der Waals surface area contributed by atoms with Crippen molar-refractivity contribution in [3.05, 3.63) is 29.3 Å². The van der Waals surface area contributed by atoms with E-state index in [-0.39, 0.29) is 0 Å². The van der Waals surface area contributed by atoms with E-state index in [1.54, 1.807) is 0 Å². The molecule has 1 aromatic carbocycles. The summed E-state index contributed by atoms with van der Waals surface area (Å²) in [4.78, 5) is 0. The molecule has 1 N–H and O–H groups in total. The van der Waals surface area contributed by atoms with E-state index in [0.29, 0.717) is 17.6 Å². The molecule has 3 rings (SSSR count). The molecule has 2 aliphatic carbocycles. The molecular formula is C17H24ClNO. The first-order valence-electron chi connectivity index (χ1n) is 7.90. The predicted molar refractivity (Wildman–Crippen MR) is 83.5 cm³/mol. The lowest BCUT2D eigenvalue weighted by molar-refractivity contribution is -0.102. The van der Waals surface area contributed by atoms with Gasteiger partial charge in [-0.15, -0.1) is 0 Å². The Morgan fingerprint density at radius 2 is 1.90 bits per heavy atom. The van der Waals surface area contributed by atoms with Gasteiger partial charge in [0, 0.05) is 22.9 Å². The molecule has 2 unspecified atom stereocenters. The highest BCUT2D eigenvalue weighted by Crippen LogP contribution is 2.53. The SMILES string of the molecule is CCNC1CC(Oc2ccc(Cl)cc2)C12CCCCC2. The largest absolute Gasteiger partial charge is 0.490 e. The molecule has 110 valence electrons. The molecular weight excluding hydrogens is 270 g/mol. The van der Waals surface area contributed by atoms with E-state index in [0.717, 1.165) is 23.7 Å². The number of nitrogens with one attached hydrogen (secondary N) is 1. The summed E-state index contributed by atoms with van der Waals surface area (Å²) < 4.78 is 6.28. The Labute approximate surface area is 126 Å². The first-order valence-corrected chi connectivity index (χ1v) is 8.28. The van der Waals surface area contributed by atoms with E-state index < -0.39 is 0 Å². The minimum absolute atomic E-state index is 0.369. The minimum Gasteiger partial charge on any atom is -0.490 e. The number of rotatable bonds is 4. The van der Waals surface area contributed by atoms with Gasteiger partial charge in [-0.1, -0.05) is 37.8 Å². The summed E-state index contributed by atoms with van der Waals surface area (Å²) in [6.07, 6.45) is 8.20. The zero-order chi connectivity index (χ0) is 14.0. The number of ether oxygens (including phenoxy) is 1. The Balaban J connectivity index is 1.71. The molecule has 0 bridgehead atoms. The molecule has 1 spiro atoms. The Kier molecular flexibility index (Phi) is 4.23. The predicted octanol–water partition coefficient (Wildman–Crippen LogP) is 4.42. The zero-order valence-electron chi connectivity index (χ0n) is 12.2. The van der Waals surface area contributed by atoms with Crippen LogP contribution in [-0.4, -0.2) is 18.7 Å². The lowest BCUT2D eigenvalue weighted by atomic mass is 9.55. The van der Waals surface area contributed by atoms with Crippen molar-refractivity contribution in [1.29, 1.82) is 0 Å². The van der Waals surface area contributed by atoms with Gasteiger partial charge in [0.15, 0.2) is 0 Å². The van der Waals surface area contributed by atoms with Gasteiger partial charge >= 0.3 is 0 Å². The fourth-order valence-electron chi connectivity index (χ4n) is 4.00. The Bertz CT molecular complexity index is 439. The average molecular weight is 294 g/mol. The summed E-state index contributed by atoms with van der Waals surface area (Å²) in [6, 6.07) is 8.43. The van der Waals surface area contributed by atoms with Gasteiger partial charge in [-0.3, -0.25) is 0 Å². The topological polar surface area (TPSA) is 21.3 Å². The zero-order valence-corrected chi connectivity index (χ0v) is 13.0. The normalized spacial score (nSPS) is 28.1. The Morgan fingerprint density at radius 3 is 2.55 bits per heavy atom. The van der Waals surface area contributed by atoms with E-state index in [2.05, 4.69) is 12.2 Å². The van der Waals surface area contributed by atoms with Crippen molar-refractivity contribution in [1.82, 2.24) is 5.32 Å². The third-order valence-electron chi connectivity index (χ3n) is 5.11. The van der Waals surface area contributed by atoms with Crippen LogP contribution in [0.15, 0.2) is 24.3 Å². The fourth-order valence-corrected chi connectivity index (χ4v) is 4.13. The number of hydrogen-bond acceptors (Lipinski definition) is 2. The van der Waals surface area contributed by atoms with Gasteiger partial charge in [0.2, 0.25) is 0 Å². The second kappa shape index (κ2) is 5.95. The van der Waals surface area contributed by atoms with Crippen molar-refractivity contribution >= 4 is 11.6 Å². The number of halogens is 1. The highest BCUT2D eigenvalue weighted by atomic mass is 35.5. The van der Waals surface area contributed by atoms with Crippen molar-refractivity contribution in [2.75, 3.05) is 6.54 Å². The van der Waals surface area contributed by atoms with Crippen molar-refractivity contribution < 1.29 is 4.74 Å². The lowest BCUT2D eigenvalue weighted by Crippen LogP contribution is -2.65. The third-order valence-corrected chi connectivity index (χ3v) is 5.36. The molecule has 0 heterocycles. The van der Waals surface area contributed by atoms with Crippen LogP contribution in [0.4, 0.5) is 0 Å². The van der Waals surface area contributed by atoms with Crippen molar-refractivity contribution in [3.63, 3.8) is 0 Å². The second-order valence-electron chi connectivity index (χ2n) is 6.20. The quantitative estimate of drug-likeness (QED) is 0.887. The van der Waals surface area contributed by atoms with Gasteiger partial charge in [0.25, 0.3) is 0 Å². The van der Waals surface area contributed by atoms with Crippen molar-refractivity contribution in [2.24, 2.45) is 5.41 Å². The standard InChI is InChI=1S/C17H24ClNO/c1-2-19-15-12-16(17(15)10-4-3-5-11-17)20-14-8-6-13(18)7-9-14/h6-9,15-16,19H,2-5,10-12H2,1H3. The molecule has 2 aliphatic rings. The number of hydrogen-bond donors (Lipinski definition) is 1. The molecule has 0 amide bonds. The highest BCUT2D eigenvalue weighted by Gasteiger charge is 2.56. The van der Waals surface area contributed by atoms with Crippen molar-refractivity contribution in [3.8, 4) is 5.75 Å². The highest BCUT2D eigenvalue weighted by molar-refractivity contribution is 6.30. The van der Waals surface area contributed by atoms with E-state index in [1.165, 1.54) is 32.1 Å². The van der Waals surface area contributed by atoms with Crippen LogP contribution in [0.1, 0.15) is 45.4 Å².